The molecule has 0 unspecified atom stereocenters. The molecule has 0 spiro atoms. The third-order valence-electron chi connectivity index (χ3n) is 5.69. The molecule has 3 aromatic carbocycles. The summed E-state index contributed by atoms with van der Waals surface area (Å²) in [5.41, 5.74) is 1.39. The van der Waals surface area contributed by atoms with Gasteiger partial charge >= 0.3 is 5.97 Å². The van der Waals surface area contributed by atoms with Crippen LogP contribution in [0.1, 0.15) is 33.4 Å². The minimum Gasteiger partial charge on any atom is -0.486 e. The molecule has 2 aliphatic rings. The number of carbonyl (C=O) groups is 2. The standard InChI is InChI=1S/C24H17ClFNO5/c25-17-7-6-14(12-18(17)26)27-22(13-5-8-19-20(11-13)32-10-9-31-19)21(24(29)30)15-3-1-2-4-16(15)23(27)28/h1-8,11-12,21-22H,9-10H2,(H,29,30)/t21-,22+/m0/s1. The predicted octanol–water partition coefficient (Wildman–Crippen LogP) is 4.82. The molecule has 2 aliphatic heterocycles. The van der Waals surface area contributed by atoms with Crippen molar-refractivity contribution in [3.63, 3.8) is 0 Å². The van der Waals surface area contributed by atoms with Crippen molar-refractivity contribution in [2.24, 2.45) is 0 Å². The number of rotatable bonds is 3. The maximum Gasteiger partial charge on any atom is 0.313 e. The first-order chi connectivity index (χ1) is 15.5. The van der Waals surface area contributed by atoms with E-state index < -0.39 is 29.7 Å². The number of amides is 1. The van der Waals surface area contributed by atoms with Gasteiger partial charge in [-0.1, -0.05) is 35.9 Å². The van der Waals surface area contributed by atoms with E-state index in [1.54, 1.807) is 42.5 Å². The Balaban J connectivity index is 1.74. The van der Waals surface area contributed by atoms with Crippen LogP contribution < -0.4 is 14.4 Å². The van der Waals surface area contributed by atoms with Crippen molar-refractivity contribution < 1.29 is 28.6 Å². The van der Waals surface area contributed by atoms with Gasteiger partial charge in [0.2, 0.25) is 0 Å². The summed E-state index contributed by atoms with van der Waals surface area (Å²) in [5.74, 6) is -2.33. The maximum atomic E-state index is 14.3. The fourth-order valence-electron chi connectivity index (χ4n) is 4.30. The highest BCUT2D eigenvalue weighted by atomic mass is 35.5. The van der Waals surface area contributed by atoms with Crippen molar-refractivity contribution in [1.29, 1.82) is 0 Å². The quantitative estimate of drug-likeness (QED) is 0.615. The third-order valence-corrected chi connectivity index (χ3v) is 6.00. The molecule has 0 bridgehead atoms. The maximum absolute atomic E-state index is 14.3. The SMILES string of the molecule is O=C(O)[C@H]1c2ccccc2C(=O)N(c2ccc(Cl)c(F)c2)[C@@H]1c1ccc2c(c1)OCCO2. The van der Waals surface area contributed by atoms with Crippen LogP contribution in [-0.2, 0) is 4.79 Å². The number of fused-ring (bicyclic) bond motifs is 2. The van der Waals surface area contributed by atoms with Gasteiger partial charge in [0.15, 0.2) is 11.5 Å². The Labute approximate surface area is 187 Å². The number of halogens is 2. The monoisotopic (exact) mass is 453 g/mol. The molecule has 3 aromatic rings. The second-order valence-corrected chi connectivity index (χ2v) is 7.93. The first-order valence-electron chi connectivity index (χ1n) is 9.95. The van der Waals surface area contributed by atoms with E-state index in [0.29, 0.717) is 35.8 Å². The van der Waals surface area contributed by atoms with Gasteiger partial charge in [0.1, 0.15) is 24.9 Å². The first kappa shape index (κ1) is 20.3. The average molecular weight is 454 g/mol. The number of hydrogen-bond acceptors (Lipinski definition) is 4. The minimum atomic E-state index is -1.11. The average Bonchev–Trinajstić information content (AvgIpc) is 2.80. The number of anilines is 1. The van der Waals surface area contributed by atoms with E-state index >= 15 is 0 Å². The Hall–Kier alpha value is -3.58. The molecule has 1 amide bonds. The van der Waals surface area contributed by atoms with Gasteiger partial charge in [-0.2, -0.15) is 0 Å². The van der Waals surface area contributed by atoms with Crippen molar-refractivity contribution in [1.82, 2.24) is 0 Å². The van der Waals surface area contributed by atoms with Crippen LogP contribution in [0.5, 0.6) is 11.5 Å². The lowest BCUT2D eigenvalue weighted by Crippen LogP contribution is -2.45. The van der Waals surface area contributed by atoms with Crippen LogP contribution in [-0.4, -0.2) is 30.2 Å². The predicted molar refractivity (Wildman–Crippen MR) is 115 cm³/mol. The lowest BCUT2D eigenvalue weighted by atomic mass is 9.79. The summed E-state index contributed by atoms with van der Waals surface area (Å²) in [6.45, 7) is 0.771. The summed E-state index contributed by atoms with van der Waals surface area (Å²) in [6, 6.07) is 14.7. The number of carbonyl (C=O) groups excluding carboxylic acids is 1. The number of hydrogen-bond donors (Lipinski definition) is 1. The minimum absolute atomic E-state index is 0.0933. The number of nitrogens with zero attached hydrogens (tertiary/aromatic N) is 1. The Morgan fingerprint density at radius 3 is 2.53 bits per heavy atom. The van der Waals surface area contributed by atoms with E-state index in [0.717, 1.165) is 6.07 Å². The summed E-state index contributed by atoms with van der Waals surface area (Å²) in [5, 5.41) is 10.1. The molecule has 1 N–H and O–H groups in total. The molecule has 32 heavy (non-hydrogen) atoms. The highest BCUT2D eigenvalue weighted by Gasteiger charge is 2.45. The van der Waals surface area contributed by atoms with E-state index in [9.17, 15) is 19.1 Å². The Bertz CT molecular complexity index is 1250. The second-order valence-electron chi connectivity index (χ2n) is 7.52. The summed E-state index contributed by atoms with van der Waals surface area (Å²) in [6.07, 6.45) is 0. The van der Waals surface area contributed by atoms with Crippen LogP contribution in [0.15, 0.2) is 60.7 Å². The zero-order valence-electron chi connectivity index (χ0n) is 16.6. The molecule has 8 heteroatoms. The van der Waals surface area contributed by atoms with Gasteiger partial charge < -0.3 is 14.6 Å². The van der Waals surface area contributed by atoms with Gasteiger partial charge in [-0.25, -0.2) is 4.39 Å². The molecule has 2 atom stereocenters. The van der Waals surface area contributed by atoms with E-state index in [1.807, 2.05) is 0 Å². The highest BCUT2D eigenvalue weighted by molar-refractivity contribution is 6.30. The topological polar surface area (TPSA) is 76.1 Å². The Morgan fingerprint density at radius 2 is 1.78 bits per heavy atom. The van der Waals surface area contributed by atoms with Gasteiger partial charge in [0.25, 0.3) is 5.91 Å². The van der Waals surface area contributed by atoms with Crippen molar-refractivity contribution in [2.45, 2.75) is 12.0 Å². The summed E-state index contributed by atoms with van der Waals surface area (Å²) in [4.78, 5) is 27.4. The molecular weight excluding hydrogens is 437 g/mol. The molecule has 0 aliphatic carbocycles. The van der Waals surface area contributed by atoms with E-state index in [-0.39, 0.29) is 16.3 Å². The van der Waals surface area contributed by atoms with Crippen LogP contribution in [0.3, 0.4) is 0 Å². The Morgan fingerprint density at radius 1 is 1.03 bits per heavy atom. The number of benzene rings is 3. The molecule has 6 nitrogen and oxygen atoms in total. The molecule has 0 aromatic heterocycles. The second kappa shape index (κ2) is 7.84. The normalized spacial score (nSPS) is 19.4. The van der Waals surface area contributed by atoms with Gasteiger partial charge in [0, 0.05) is 11.3 Å². The molecular formula is C24H17ClFNO5. The van der Waals surface area contributed by atoms with Crippen molar-refractivity contribution in [2.75, 3.05) is 18.1 Å². The largest absolute Gasteiger partial charge is 0.486 e. The van der Waals surface area contributed by atoms with Crippen LogP contribution in [0.4, 0.5) is 10.1 Å². The molecule has 0 radical (unpaired) electrons. The van der Waals surface area contributed by atoms with Gasteiger partial charge in [-0.05, 0) is 47.5 Å². The molecule has 0 saturated carbocycles. The summed E-state index contributed by atoms with van der Waals surface area (Å²) >= 11 is 5.85. The third kappa shape index (κ3) is 3.26. The first-order valence-corrected chi connectivity index (χ1v) is 10.3. The molecule has 0 saturated heterocycles. The Kier molecular flexibility index (Phi) is 4.98. The molecule has 162 valence electrons. The fourth-order valence-corrected chi connectivity index (χ4v) is 4.42. The van der Waals surface area contributed by atoms with E-state index in [2.05, 4.69) is 0 Å². The highest BCUT2D eigenvalue weighted by Crippen LogP contribution is 2.47. The zero-order valence-corrected chi connectivity index (χ0v) is 17.4. The summed E-state index contributed by atoms with van der Waals surface area (Å²) < 4.78 is 25.6. The smallest absolute Gasteiger partial charge is 0.313 e. The van der Waals surface area contributed by atoms with Gasteiger partial charge in [0.05, 0.1) is 11.1 Å². The van der Waals surface area contributed by atoms with Gasteiger partial charge in [-0.15, -0.1) is 0 Å². The zero-order chi connectivity index (χ0) is 22.4. The number of carboxylic acid groups (broad SMARTS) is 1. The molecule has 5 rings (SSSR count). The molecule has 2 heterocycles. The van der Waals surface area contributed by atoms with Crippen LogP contribution >= 0.6 is 11.6 Å². The lowest BCUT2D eigenvalue weighted by Gasteiger charge is -2.41. The van der Waals surface area contributed by atoms with Crippen molar-refractivity contribution >= 4 is 29.2 Å². The van der Waals surface area contributed by atoms with Gasteiger partial charge in [-0.3, -0.25) is 14.5 Å². The van der Waals surface area contributed by atoms with Crippen molar-refractivity contribution in [3.05, 3.63) is 88.2 Å². The van der Waals surface area contributed by atoms with Crippen LogP contribution in [0, 0.1) is 5.82 Å². The number of aliphatic carboxylic acids is 1. The molecule has 0 fully saturated rings. The van der Waals surface area contributed by atoms with Crippen LogP contribution in [0.2, 0.25) is 5.02 Å². The van der Waals surface area contributed by atoms with E-state index in [1.165, 1.54) is 17.0 Å². The van der Waals surface area contributed by atoms with E-state index in [4.69, 9.17) is 21.1 Å². The number of ether oxygens (including phenoxy) is 2. The van der Waals surface area contributed by atoms with Crippen molar-refractivity contribution in [3.8, 4) is 11.5 Å². The summed E-state index contributed by atoms with van der Waals surface area (Å²) in [7, 11) is 0. The lowest BCUT2D eigenvalue weighted by molar-refractivity contribution is -0.139. The van der Waals surface area contributed by atoms with Crippen LogP contribution in [0.25, 0.3) is 0 Å². The fraction of sp³-hybridized carbons (Fsp3) is 0.167. The number of carboxylic acids is 1.